The minimum atomic E-state index is -4.69. The average Bonchev–Trinajstić information content (AvgIpc) is 3.28. The van der Waals surface area contributed by atoms with E-state index in [1.807, 2.05) is 0 Å². The van der Waals surface area contributed by atoms with Crippen LogP contribution in [0.5, 0.6) is 5.75 Å². The maximum Gasteiger partial charge on any atom is 0.421 e. The molecule has 0 bridgehead atoms. The van der Waals surface area contributed by atoms with Crippen LogP contribution in [-0.4, -0.2) is 21.0 Å². The molecule has 0 unspecified atom stereocenters. The van der Waals surface area contributed by atoms with Gasteiger partial charge in [-0.25, -0.2) is 4.98 Å². The van der Waals surface area contributed by atoms with Gasteiger partial charge < -0.3 is 15.4 Å². The van der Waals surface area contributed by atoms with Crippen molar-refractivity contribution in [3.8, 4) is 5.75 Å². The van der Waals surface area contributed by atoms with Crippen LogP contribution in [0.2, 0.25) is 0 Å². The number of ether oxygens (including phenoxy) is 1. The minimum absolute atomic E-state index is 0.0276. The third kappa shape index (κ3) is 5.48. The monoisotopic (exact) mass is 459 g/mol. The summed E-state index contributed by atoms with van der Waals surface area (Å²) in [5.41, 5.74) is -0.409. The lowest BCUT2D eigenvalue weighted by Gasteiger charge is -2.19. The van der Waals surface area contributed by atoms with Crippen LogP contribution in [0.15, 0.2) is 54.7 Å². The molecule has 8 nitrogen and oxygen atoms in total. The first-order chi connectivity index (χ1) is 15.8. The quantitative estimate of drug-likeness (QED) is 0.320. The number of hydrogen-bond donors (Lipinski definition) is 2. The van der Waals surface area contributed by atoms with Gasteiger partial charge >= 0.3 is 6.18 Å². The minimum Gasteiger partial charge on any atom is -0.488 e. The second-order valence-corrected chi connectivity index (χ2v) is 7.53. The van der Waals surface area contributed by atoms with Crippen LogP contribution in [0.4, 0.5) is 42.0 Å². The zero-order valence-electron chi connectivity index (χ0n) is 17.3. The van der Waals surface area contributed by atoms with Crippen molar-refractivity contribution in [1.29, 1.82) is 0 Å². The third-order valence-electron chi connectivity index (χ3n) is 5.16. The van der Waals surface area contributed by atoms with Crippen LogP contribution in [0.1, 0.15) is 31.2 Å². The Morgan fingerprint density at radius 3 is 2.39 bits per heavy atom. The molecule has 1 aliphatic rings. The largest absolute Gasteiger partial charge is 0.488 e. The summed E-state index contributed by atoms with van der Waals surface area (Å²) in [6.07, 6.45) is -0.0547. The highest BCUT2D eigenvalue weighted by molar-refractivity contribution is 5.67. The van der Waals surface area contributed by atoms with Crippen molar-refractivity contribution in [2.24, 2.45) is 0 Å². The van der Waals surface area contributed by atoms with Gasteiger partial charge in [-0.3, -0.25) is 10.1 Å². The first-order valence-corrected chi connectivity index (χ1v) is 10.3. The zero-order valence-corrected chi connectivity index (χ0v) is 17.3. The Labute approximate surface area is 187 Å². The van der Waals surface area contributed by atoms with Crippen LogP contribution in [0.25, 0.3) is 0 Å². The number of nitro benzene ring substituents is 1. The van der Waals surface area contributed by atoms with Crippen LogP contribution in [0.3, 0.4) is 0 Å². The number of aromatic nitrogens is 2. The number of alkyl halides is 3. The highest BCUT2D eigenvalue weighted by Crippen LogP contribution is 2.38. The Hall–Kier alpha value is -3.89. The normalized spacial score (nSPS) is 14.2. The van der Waals surface area contributed by atoms with Gasteiger partial charge in [-0.05, 0) is 49.9 Å². The van der Waals surface area contributed by atoms with Gasteiger partial charge in [-0.1, -0.05) is 12.1 Å². The summed E-state index contributed by atoms with van der Waals surface area (Å²) in [4.78, 5) is 18.0. The molecular weight excluding hydrogens is 439 g/mol. The maximum absolute atomic E-state index is 13.6. The van der Waals surface area contributed by atoms with E-state index in [9.17, 15) is 23.3 Å². The first kappa shape index (κ1) is 22.3. The Morgan fingerprint density at radius 1 is 1.03 bits per heavy atom. The van der Waals surface area contributed by atoms with Gasteiger partial charge in [0.25, 0.3) is 5.69 Å². The van der Waals surface area contributed by atoms with Crippen molar-refractivity contribution in [2.75, 3.05) is 10.6 Å². The van der Waals surface area contributed by atoms with Crippen LogP contribution >= 0.6 is 0 Å². The smallest absolute Gasteiger partial charge is 0.421 e. The highest BCUT2D eigenvalue weighted by Gasteiger charge is 2.35. The fourth-order valence-electron chi connectivity index (χ4n) is 3.53. The Kier molecular flexibility index (Phi) is 6.29. The van der Waals surface area contributed by atoms with E-state index in [2.05, 4.69) is 20.6 Å². The maximum atomic E-state index is 13.6. The molecule has 3 aromatic rings. The van der Waals surface area contributed by atoms with Crippen LogP contribution in [-0.2, 0) is 6.18 Å². The molecule has 0 spiro atoms. The summed E-state index contributed by atoms with van der Waals surface area (Å²) in [5.74, 6) is -0.0982. The molecule has 0 aliphatic heterocycles. The third-order valence-corrected chi connectivity index (χ3v) is 5.16. The molecule has 2 aromatic carbocycles. The Bertz CT molecular complexity index is 1130. The number of nitrogens with zero attached hydrogens (tertiary/aromatic N) is 3. The van der Waals surface area contributed by atoms with E-state index in [1.165, 1.54) is 24.3 Å². The molecule has 4 rings (SSSR count). The van der Waals surface area contributed by atoms with Crippen LogP contribution < -0.4 is 15.4 Å². The molecule has 1 aliphatic carbocycles. The number of nitrogens with one attached hydrogen (secondary N) is 2. The van der Waals surface area contributed by atoms with E-state index in [-0.39, 0.29) is 17.7 Å². The molecule has 0 atom stereocenters. The summed E-state index contributed by atoms with van der Waals surface area (Å²) in [6.45, 7) is 0. The molecule has 11 heteroatoms. The van der Waals surface area contributed by atoms with Crippen molar-refractivity contribution in [3.63, 3.8) is 0 Å². The number of hydrogen-bond acceptors (Lipinski definition) is 7. The predicted molar refractivity (Wildman–Crippen MR) is 116 cm³/mol. The Balaban J connectivity index is 1.62. The van der Waals surface area contributed by atoms with E-state index in [0.29, 0.717) is 23.3 Å². The molecule has 0 radical (unpaired) electrons. The van der Waals surface area contributed by atoms with Crippen molar-refractivity contribution in [1.82, 2.24) is 9.97 Å². The summed E-state index contributed by atoms with van der Waals surface area (Å²) >= 11 is 0. The van der Waals surface area contributed by atoms with Crippen molar-refractivity contribution >= 4 is 28.8 Å². The van der Waals surface area contributed by atoms with Crippen molar-refractivity contribution in [2.45, 2.75) is 38.0 Å². The molecule has 2 N–H and O–H groups in total. The Morgan fingerprint density at radius 2 is 1.73 bits per heavy atom. The van der Waals surface area contributed by atoms with Gasteiger partial charge in [-0.15, -0.1) is 0 Å². The molecular formula is C22H20F3N5O3. The fourth-order valence-corrected chi connectivity index (χ4v) is 3.53. The van der Waals surface area contributed by atoms with Gasteiger partial charge in [-0.2, -0.15) is 18.2 Å². The van der Waals surface area contributed by atoms with Gasteiger partial charge in [0.15, 0.2) is 0 Å². The van der Waals surface area contributed by atoms with Crippen molar-refractivity contribution < 1.29 is 22.8 Å². The van der Waals surface area contributed by atoms with E-state index in [1.54, 1.807) is 24.3 Å². The van der Waals surface area contributed by atoms with Gasteiger partial charge in [0, 0.05) is 24.0 Å². The number of halogens is 3. The summed E-state index contributed by atoms with van der Waals surface area (Å²) < 4.78 is 46.9. The topological polar surface area (TPSA) is 102 Å². The predicted octanol–water partition coefficient (Wildman–Crippen LogP) is 6.21. The number of rotatable bonds is 7. The van der Waals surface area contributed by atoms with E-state index >= 15 is 0 Å². The number of anilines is 4. The van der Waals surface area contributed by atoms with Gasteiger partial charge in [0.2, 0.25) is 5.95 Å². The molecule has 33 heavy (non-hydrogen) atoms. The highest BCUT2D eigenvalue weighted by atomic mass is 19.4. The summed E-state index contributed by atoms with van der Waals surface area (Å²) in [7, 11) is 0. The molecule has 1 aromatic heterocycles. The SMILES string of the molecule is O=[N+]([O-])c1ccc(Nc2ncc(C(F)(F)F)c(Nc3ccccc3OC3CCCC3)n2)cc1. The molecule has 1 saturated carbocycles. The van der Waals surface area contributed by atoms with E-state index in [0.717, 1.165) is 25.7 Å². The molecule has 172 valence electrons. The number of benzene rings is 2. The second kappa shape index (κ2) is 9.31. The fraction of sp³-hybridized carbons (Fsp3) is 0.273. The summed E-state index contributed by atoms with van der Waals surface area (Å²) in [5, 5.41) is 16.3. The molecule has 1 heterocycles. The average molecular weight is 459 g/mol. The second-order valence-electron chi connectivity index (χ2n) is 7.53. The lowest BCUT2D eigenvalue weighted by molar-refractivity contribution is -0.384. The van der Waals surface area contributed by atoms with Crippen molar-refractivity contribution in [3.05, 3.63) is 70.4 Å². The molecule has 0 amide bonds. The number of non-ortho nitro benzene ring substituents is 1. The molecule has 0 saturated heterocycles. The summed E-state index contributed by atoms with van der Waals surface area (Å²) in [6, 6.07) is 12.1. The van der Waals surface area contributed by atoms with Crippen LogP contribution in [0, 0.1) is 10.1 Å². The first-order valence-electron chi connectivity index (χ1n) is 10.3. The zero-order chi connectivity index (χ0) is 23.4. The van der Waals surface area contributed by atoms with Gasteiger partial charge in [0.05, 0.1) is 16.7 Å². The lowest BCUT2D eigenvalue weighted by Crippen LogP contribution is -2.14. The number of nitro groups is 1. The van der Waals surface area contributed by atoms with Gasteiger partial charge in [0.1, 0.15) is 17.1 Å². The van der Waals surface area contributed by atoms with E-state index < -0.39 is 22.5 Å². The van der Waals surface area contributed by atoms with E-state index in [4.69, 9.17) is 4.74 Å². The lowest BCUT2D eigenvalue weighted by atomic mass is 10.2. The standard InChI is InChI=1S/C22H20F3N5O3/c23-22(24,25)17-13-26-21(27-14-9-11-15(12-10-14)30(31)32)29-20(17)28-18-7-3-4-8-19(18)33-16-5-1-2-6-16/h3-4,7-13,16H,1-2,5-6H2,(H2,26,27,28,29). The molecule has 1 fully saturated rings. The number of para-hydroxylation sites is 2.